The molecule has 1 saturated heterocycles. The summed E-state index contributed by atoms with van der Waals surface area (Å²) in [7, 11) is 0. The van der Waals surface area contributed by atoms with Gasteiger partial charge in [-0.15, -0.1) is 0 Å². The minimum atomic E-state index is -1.14. The average molecular weight is 291 g/mol. The molecule has 1 fully saturated rings. The number of carboxylic acid groups (broad SMARTS) is 1. The molecule has 6 nitrogen and oxygen atoms in total. The summed E-state index contributed by atoms with van der Waals surface area (Å²) in [5.41, 5.74) is -0.101. The number of likely N-dealkylation sites (tertiary alicyclic amines) is 1. The van der Waals surface area contributed by atoms with Crippen LogP contribution >= 0.6 is 0 Å². The van der Waals surface area contributed by atoms with Crippen LogP contribution in [0.3, 0.4) is 0 Å². The normalized spacial score (nSPS) is 17.2. The molecule has 0 aromatic carbocycles. The van der Waals surface area contributed by atoms with E-state index in [4.69, 9.17) is 5.11 Å². The number of rotatable bonds is 5. The second-order valence-corrected chi connectivity index (χ2v) is 5.44. The zero-order valence-electron chi connectivity index (χ0n) is 12.2. The van der Waals surface area contributed by atoms with Gasteiger partial charge in [0.25, 0.3) is 5.91 Å². The van der Waals surface area contributed by atoms with E-state index in [9.17, 15) is 9.59 Å². The zero-order chi connectivity index (χ0) is 15.2. The lowest BCUT2D eigenvalue weighted by Gasteiger charge is -2.29. The molecule has 2 rings (SSSR count). The van der Waals surface area contributed by atoms with Gasteiger partial charge in [0.05, 0.1) is 5.56 Å². The highest BCUT2D eigenvalue weighted by Gasteiger charge is 2.20. The molecule has 114 valence electrons. The molecule has 1 amide bonds. The third-order valence-corrected chi connectivity index (χ3v) is 3.61. The summed E-state index contributed by atoms with van der Waals surface area (Å²) in [5, 5.41) is 11.9. The molecule has 2 heterocycles. The van der Waals surface area contributed by atoms with E-state index in [1.807, 2.05) is 6.92 Å². The summed E-state index contributed by atoms with van der Waals surface area (Å²) >= 11 is 0. The van der Waals surface area contributed by atoms with Crippen LogP contribution in [0.25, 0.3) is 0 Å². The van der Waals surface area contributed by atoms with E-state index in [0.717, 1.165) is 19.6 Å². The summed E-state index contributed by atoms with van der Waals surface area (Å²) in [6, 6.07) is 2.86. The SMILES string of the molecule is CC(CN1CCCCC1)NC(=O)c1ncccc1C(=O)O. The number of nitrogens with zero attached hydrogens (tertiary/aromatic N) is 2. The van der Waals surface area contributed by atoms with Crippen LogP contribution < -0.4 is 5.32 Å². The maximum atomic E-state index is 12.2. The van der Waals surface area contributed by atoms with Gasteiger partial charge in [-0.3, -0.25) is 9.78 Å². The largest absolute Gasteiger partial charge is 0.478 e. The number of pyridine rings is 1. The fourth-order valence-corrected chi connectivity index (χ4v) is 2.63. The third-order valence-electron chi connectivity index (χ3n) is 3.61. The standard InChI is InChI=1S/C15H21N3O3/c1-11(10-18-8-3-2-4-9-18)17-14(19)13-12(15(20)21)6-5-7-16-13/h5-7,11H,2-4,8-10H2,1H3,(H,17,19)(H,20,21). The Balaban J connectivity index is 1.96. The Morgan fingerprint density at radius 3 is 2.76 bits per heavy atom. The Labute approximate surface area is 124 Å². The molecule has 1 aliphatic rings. The lowest BCUT2D eigenvalue weighted by molar-refractivity contribution is 0.0689. The van der Waals surface area contributed by atoms with Gasteiger partial charge in [-0.2, -0.15) is 0 Å². The Bertz CT molecular complexity index is 513. The van der Waals surface area contributed by atoms with Crippen LogP contribution in [0, 0.1) is 0 Å². The molecule has 0 saturated carbocycles. The summed E-state index contributed by atoms with van der Waals surface area (Å²) in [5.74, 6) is -1.57. The first-order valence-electron chi connectivity index (χ1n) is 7.29. The van der Waals surface area contributed by atoms with E-state index in [2.05, 4.69) is 15.2 Å². The Hall–Kier alpha value is -1.95. The van der Waals surface area contributed by atoms with Crippen LogP contribution in [0.15, 0.2) is 18.3 Å². The lowest BCUT2D eigenvalue weighted by atomic mass is 10.1. The first-order chi connectivity index (χ1) is 10.1. The number of carboxylic acids is 1. The highest BCUT2D eigenvalue weighted by molar-refractivity contribution is 6.03. The van der Waals surface area contributed by atoms with Gasteiger partial charge in [0.2, 0.25) is 0 Å². The van der Waals surface area contributed by atoms with E-state index >= 15 is 0 Å². The number of hydrogen-bond acceptors (Lipinski definition) is 4. The number of carbonyl (C=O) groups excluding carboxylic acids is 1. The fraction of sp³-hybridized carbons (Fsp3) is 0.533. The Morgan fingerprint density at radius 2 is 2.10 bits per heavy atom. The molecule has 0 bridgehead atoms. The molecule has 1 aromatic heterocycles. The van der Waals surface area contributed by atoms with Crippen molar-refractivity contribution in [1.82, 2.24) is 15.2 Å². The number of hydrogen-bond donors (Lipinski definition) is 2. The van der Waals surface area contributed by atoms with Crippen LogP contribution in [0.5, 0.6) is 0 Å². The van der Waals surface area contributed by atoms with Crippen LogP contribution in [-0.4, -0.2) is 52.5 Å². The molecule has 1 aliphatic heterocycles. The summed E-state index contributed by atoms with van der Waals surface area (Å²) < 4.78 is 0. The quantitative estimate of drug-likeness (QED) is 0.856. The predicted octanol–water partition coefficient (Wildman–Crippen LogP) is 1.38. The van der Waals surface area contributed by atoms with Crippen LogP contribution in [0.2, 0.25) is 0 Å². The molecule has 2 N–H and O–H groups in total. The molecule has 0 aliphatic carbocycles. The molecule has 6 heteroatoms. The zero-order valence-corrected chi connectivity index (χ0v) is 12.2. The van der Waals surface area contributed by atoms with E-state index in [-0.39, 0.29) is 17.3 Å². The fourth-order valence-electron chi connectivity index (χ4n) is 2.63. The van der Waals surface area contributed by atoms with Gasteiger partial charge in [-0.25, -0.2) is 4.79 Å². The molecular weight excluding hydrogens is 270 g/mol. The monoisotopic (exact) mass is 291 g/mol. The second-order valence-electron chi connectivity index (χ2n) is 5.44. The molecule has 0 radical (unpaired) electrons. The van der Waals surface area contributed by atoms with Crippen molar-refractivity contribution in [2.75, 3.05) is 19.6 Å². The van der Waals surface area contributed by atoms with E-state index < -0.39 is 11.9 Å². The molecule has 1 unspecified atom stereocenters. The van der Waals surface area contributed by atoms with Crippen molar-refractivity contribution in [2.45, 2.75) is 32.2 Å². The van der Waals surface area contributed by atoms with Gasteiger partial charge >= 0.3 is 5.97 Å². The van der Waals surface area contributed by atoms with Crippen molar-refractivity contribution in [3.63, 3.8) is 0 Å². The number of aromatic nitrogens is 1. The van der Waals surface area contributed by atoms with Crippen molar-refractivity contribution >= 4 is 11.9 Å². The number of amides is 1. The van der Waals surface area contributed by atoms with Gasteiger partial charge < -0.3 is 15.3 Å². The van der Waals surface area contributed by atoms with Crippen LogP contribution in [-0.2, 0) is 0 Å². The van der Waals surface area contributed by atoms with Gasteiger partial charge in [-0.05, 0) is 45.0 Å². The van der Waals surface area contributed by atoms with E-state index in [1.165, 1.54) is 37.6 Å². The number of carbonyl (C=O) groups is 2. The Morgan fingerprint density at radius 1 is 1.38 bits per heavy atom. The molecule has 1 atom stereocenters. The van der Waals surface area contributed by atoms with Crippen molar-refractivity contribution in [3.8, 4) is 0 Å². The topological polar surface area (TPSA) is 82.5 Å². The highest BCUT2D eigenvalue weighted by Crippen LogP contribution is 2.10. The lowest BCUT2D eigenvalue weighted by Crippen LogP contribution is -2.44. The summed E-state index contributed by atoms with van der Waals surface area (Å²) in [4.78, 5) is 29.5. The maximum Gasteiger partial charge on any atom is 0.338 e. The van der Waals surface area contributed by atoms with Gasteiger partial charge in [0.15, 0.2) is 0 Å². The van der Waals surface area contributed by atoms with Gasteiger partial charge in [0.1, 0.15) is 5.69 Å². The van der Waals surface area contributed by atoms with E-state index in [1.54, 1.807) is 0 Å². The van der Waals surface area contributed by atoms with Crippen molar-refractivity contribution < 1.29 is 14.7 Å². The van der Waals surface area contributed by atoms with Gasteiger partial charge in [0, 0.05) is 18.8 Å². The third kappa shape index (κ3) is 4.26. The number of nitrogens with one attached hydrogen (secondary N) is 1. The molecule has 0 spiro atoms. The molecule has 1 aromatic rings. The van der Waals surface area contributed by atoms with Crippen molar-refractivity contribution in [3.05, 3.63) is 29.6 Å². The average Bonchev–Trinajstić information content (AvgIpc) is 2.48. The Kier molecular flexibility index (Phi) is 5.27. The van der Waals surface area contributed by atoms with Crippen LogP contribution in [0.1, 0.15) is 47.0 Å². The number of aromatic carboxylic acids is 1. The maximum absolute atomic E-state index is 12.2. The van der Waals surface area contributed by atoms with E-state index in [0.29, 0.717) is 0 Å². The predicted molar refractivity (Wildman–Crippen MR) is 78.4 cm³/mol. The molecular formula is C15H21N3O3. The minimum Gasteiger partial charge on any atom is -0.478 e. The van der Waals surface area contributed by atoms with Gasteiger partial charge in [-0.1, -0.05) is 6.42 Å². The van der Waals surface area contributed by atoms with Crippen molar-refractivity contribution in [1.29, 1.82) is 0 Å². The smallest absolute Gasteiger partial charge is 0.338 e. The first-order valence-corrected chi connectivity index (χ1v) is 7.29. The number of piperidine rings is 1. The second kappa shape index (κ2) is 7.17. The van der Waals surface area contributed by atoms with Crippen molar-refractivity contribution in [2.24, 2.45) is 0 Å². The van der Waals surface area contributed by atoms with Crippen LogP contribution in [0.4, 0.5) is 0 Å². The minimum absolute atomic E-state index is 0.0319. The highest BCUT2D eigenvalue weighted by atomic mass is 16.4. The summed E-state index contributed by atoms with van der Waals surface area (Å²) in [6.45, 7) is 4.82. The summed E-state index contributed by atoms with van der Waals surface area (Å²) in [6.07, 6.45) is 5.10. The molecule has 21 heavy (non-hydrogen) atoms. The first kappa shape index (κ1) is 15.4.